The maximum atomic E-state index is 13.4. The fourth-order valence-electron chi connectivity index (χ4n) is 2.23. The van der Waals surface area contributed by atoms with E-state index in [1.165, 1.54) is 18.9 Å². The SMILES string of the molecule is COc1cc(CNC(=O)N2CCC(F)(F)C(C)C2)ccn1. The maximum Gasteiger partial charge on any atom is 0.317 e. The summed E-state index contributed by atoms with van der Waals surface area (Å²) in [6.07, 6.45) is 1.30. The van der Waals surface area contributed by atoms with Gasteiger partial charge in [-0.1, -0.05) is 6.92 Å². The van der Waals surface area contributed by atoms with Crippen LogP contribution in [-0.2, 0) is 6.54 Å². The number of amides is 2. The van der Waals surface area contributed by atoms with Crippen molar-refractivity contribution in [3.05, 3.63) is 23.9 Å². The molecule has 1 fully saturated rings. The number of nitrogens with zero attached hydrogens (tertiary/aromatic N) is 2. The summed E-state index contributed by atoms with van der Waals surface area (Å²) in [6, 6.07) is 3.15. The minimum atomic E-state index is -2.69. The third-order valence-corrected chi connectivity index (χ3v) is 3.67. The van der Waals surface area contributed by atoms with E-state index in [-0.39, 0.29) is 25.5 Å². The van der Waals surface area contributed by atoms with Crippen molar-refractivity contribution in [3.63, 3.8) is 0 Å². The fraction of sp³-hybridized carbons (Fsp3) is 0.571. The van der Waals surface area contributed by atoms with Crippen molar-refractivity contribution in [1.82, 2.24) is 15.2 Å². The zero-order valence-electron chi connectivity index (χ0n) is 12.1. The minimum Gasteiger partial charge on any atom is -0.481 e. The van der Waals surface area contributed by atoms with Crippen LogP contribution in [0.25, 0.3) is 0 Å². The van der Waals surface area contributed by atoms with Gasteiger partial charge in [0.15, 0.2) is 0 Å². The van der Waals surface area contributed by atoms with Crippen molar-refractivity contribution in [2.45, 2.75) is 25.8 Å². The Kier molecular flexibility index (Phi) is 4.59. The van der Waals surface area contributed by atoms with Gasteiger partial charge in [-0.2, -0.15) is 0 Å². The molecule has 2 rings (SSSR count). The van der Waals surface area contributed by atoms with E-state index in [1.54, 1.807) is 18.3 Å². The lowest BCUT2D eigenvalue weighted by atomic mass is 9.96. The highest BCUT2D eigenvalue weighted by Gasteiger charge is 2.42. The van der Waals surface area contributed by atoms with Crippen molar-refractivity contribution < 1.29 is 18.3 Å². The first kappa shape index (κ1) is 15.5. The number of halogens is 2. The molecule has 1 atom stereocenters. The zero-order chi connectivity index (χ0) is 15.5. The molecule has 0 bridgehead atoms. The van der Waals surface area contributed by atoms with E-state index < -0.39 is 11.8 Å². The molecule has 2 heterocycles. The number of carbonyl (C=O) groups is 1. The molecule has 0 spiro atoms. The number of urea groups is 1. The number of hydrogen-bond donors (Lipinski definition) is 1. The molecule has 1 saturated heterocycles. The second-order valence-electron chi connectivity index (χ2n) is 5.22. The average molecular weight is 299 g/mol. The predicted octanol–water partition coefficient (Wildman–Crippen LogP) is 2.28. The predicted molar refractivity (Wildman–Crippen MR) is 73.3 cm³/mol. The summed E-state index contributed by atoms with van der Waals surface area (Å²) in [6.45, 7) is 1.91. The summed E-state index contributed by atoms with van der Waals surface area (Å²) in [5, 5.41) is 2.73. The number of alkyl halides is 2. The summed E-state index contributed by atoms with van der Waals surface area (Å²) >= 11 is 0. The van der Waals surface area contributed by atoms with E-state index in [9.17, 15) is 13.6 Å². The molecule has 1 N–H and O–H groups in total. The molecule has 0 radical (unpaired) electrons. The van der Waals surface area contributed by atoms with Crippen LogP contribution in [0.4, 0.5) is 13.6 Å². The van der Waals surface area contributed by atoms with E-state index in [0.717, 1.165) is 5.56 Å². The van der Waals surface area contributed by atoms with Crippen LogP contribution >= 0.6 is 0 Å². The topological polar surface area (TPSA) is 54.5 Å². The van der Waals surface area contributed by atoms with Gasteiger partial charge in [-0.05, 0) is 11.6 Å². The van der Waals surface area contributed by atoms with Gasteiger partial charge in [-0.3, -0.25) is 0 Å². The molecule has 0 aliphatic carbocycles. The van der Waals surface area contributed by atoms with Gasteiger partial charge in [0.25, 0.3) is 5.92 Å². The zero-order valence-corrected chi connectivity index (χ0v) is 12.1. The van der Waals surface area contributed by atoms with Crippen LogP contribution in [0.2, 0.25) is 0 Å². The van der Waals surface area contributed by atoms with Gasteiger partial charge in [0.05, 0.1) is 7.11 Å². The lowest BCUT2D eigenvalue weighted by molar-refractivity contribution is -0.0906. The van der Waals surface area contributed by atoms with Crippen LogP contribution in [0.1, 0.15) is 18.9 Å². The number of rotatable bonds is 3. The van der Waals surface area contributed by atoms with Crippen LogP contribution in [-0.4, -0.2) is 42.0 Å². The molecule has 21 heavy (non-hydrogen) atoms. The quantitative estimate of drug-likeness (QED) is 0.931. The van der Waals surface area contributed by atoms with Gasteiger partial charge in [-0.25, -0.2) is 18.6 Å². The summed E-state index contributed by atoms with van der Waals surface area (Å²) in [5.74, 6) is -3.04. The molecule has 5 nitrogen and oxygen atoms in total. The van der Waals surface area contributed by atoms with E-state index in [2.05, 4.69) is 10.3 Å². The Morgan fingerprint density at radius 3 is 3.05 bits per heavy atom. The highest BCUT2D eigenvalue weighted by Crippen LogP contribution is 2.32. The Morgan fingerprint density at radius 1 is 1.62 bits per heavy atom. The van der Waals surface area contributed by atoms with Gasteiger partial charge in [0, 0.05) is 44.2 Å². The first-order valence-electron chi connectivity index (χ1n) is 6.82. The molecule has 1 aromatic rings. The Morgan fingerprint density at radius 2 is 2.38 bits per heavy atom. The molecule has 1 aliphatic heterocycles. The Balaban J connectivity index is 1.87. The second-order valence-corrected chi connectivity index (χ2v) is 5.22. The number of ether oxygens (including phenoxy) is 1. The molecule has 1 aromatic heterocycles. The van der Waals surface area contributed by atoms with Crippen molar-refractivity contribution in [2.75, 3.05) is 20.2 Å². The van der Waals surface area contributed by atoms with E-state index in [4.69, 9.17) is 4.74 Å². The molecule has 2 amide bonds. The van der Waals surface area contributed by atoms with Crippen LogP contribution < -0.4 is 10.1 Å². The number of carbonyl (C=O) groups excluding carboxylic acids is 1. The van der Waals surface area contributed by atoms with Crippen molar-refractivity contribution in [1.29, 1.82) is 0 Å². The van der Waals surface area contributed by atoms with E-state index in [0.29, 0.717) is 12.4 Å². The number of pyridine rings is 1. The monoisotopic (exact) mass is 299 g/mol. The standard InChI is InChI=1S/C14H19F2N3O2/c1-10-9-19(6-4-14(10,15)16)13(20)18-8-11-3-5-17-12(7-11)21-2/h3,5,7,10H,4,6,8-9H2,1-2H3,(H,18,20). The molecular formula is C14H19F2N3O2. The highest BCUT2D eigenvalue weighted by molar-refractivity contribution is 5.74. The minimum absolute atomic E-state index is 0.0680. The van der Waals surface area contributed by atoms with E-state index >= 15 is 0 Å². The van der Waals surface area contributed by atoms with Crippen LogP contribution in [0.3, 0.4) is 0 Å². The van der Waals surface area contributed by atoms with Crippen molar-refractivity contribution in [2.24, 2.45) is 5.92 Å². The molecule has 1 aliphatic rings. The summed E-state index contributed by atoms with van der Waals surface area (Å²) < 4.78 is 31.8. The summed E-state index contributed by atoms with van der Waals surface area (Å²) in [7, 11) is 1.51. The highest BCUT2D eigenvalue weighted by atomic mass is 19.3. The number of nitrogens with one attached hydrogen (secondary N) is 1. The fourth-order valence-corrected chi connectivity index (χ4v) is 2.23. The number of methoxy groups -OCH3 is 1. The lowest BCUT2D eigenvalue weighted by Gasteiger charge is -2.36. The number of hydrogen-bond acceptors (Lipinski definition) is 3. The lowest BCUT2D eigenvalue weighted by Crippen LogP contribution is -2.51. The first-order chi connectivity index (χ1) is 9.92. The van der Waals surface area contributed by atoms with Crippen LogP contribution in [0.15, 0.2) is 18.3 Å². The molecular weight excluding hydrogens is 280 g/mol. The van der Waals surface area contributed by atoms with Gasteiger partial charge in [-0.15, -0.1) is 0 Å². The van der Waals surface area contributed by atoms with Gasteiger partial charge >= 0.3 is 6.03 Å². The maximum absolute atomic E-state index is 13.4. The number of likely N-dealkylation sites (tertiary alicyclic amines) is 1. The van der Waals surface area contributed by atoms with Gasteiger partial charge in [0.2, 0.25) is 5.88 Å². The summed E-state index contributed by atoms with van der Waals surface area (Å²) in [5.41, 5.74) is 0.839. The van der Waals surface area contributed by atoms with Crippen molar-refractivity contribution in [3.8, 4) is 5.88 Å². The molecule has 0 saturated carbocycles. The molecule has 0 aromatic carbocycles. The largest absolute Gasteiger partial charge is 0.481 e. The van der Waals surface area contributed by atoms with Crippen LogP contribution in [0, 0.1) is 5.92 Å². The number of piperidine rings is 1. The van der Waals surface area contributed by atoms with Gasteiger partial charge < -0.3 is 15.0 Å². The molecule has 1 unspecified atom stereocenters. The van der Waals surface area contributed by atoms with Crippen LogP contribution in [0.5, 0.6) is 5.88 Å². The van der Waals surface area contributed by atoms with E-state index in [1.807, 2.05) is 0 Å². The average Bonchev–Trinajstić information content (AvgIpc) is 2.48. The normalized spacial score (nSPS) is 21.0. The Bertz CT molecular complexity index is 511. The third kappa shape index (κ3) is 3.80. The molecule has 116 valence electrons. The van der Waals surface area contributed by atoms with Gasteiger partial charge in [0.1, 0.15) is 0 Å². The third-order valence-electron chi connectivity index (χ3n) is 3.67. The summed E-state index contributed by atoms with van der Waals surface area (Å²) in [4.78, 5) is 17.4. The van der Waals surface area contributed by atoms with Crippen molar-refractivity contribution >= 4 is 6.03 Å². The smallest absolute Gasteiger partial charge is 0.317 e. The molecule has 7 heteroatoms. The Hall–Kier alpha value is -1.92. The Labute approximate surface area is 122 Å². The first-order valence-corrected chi connectivity index (χ1v) is 6.82. The number of aromatic nitrogens is 1. The second kappa shape index (κ2) is 6.24.